The summed E-state index contributed by atoms with van der Waals surface area (Å²) in [6, 6.07) is 18.3. The molecule has 25 heavy (non-hydrogen) atoms. The molecule has 2 aromatic carbocycles. The zero-order valence-corrected chi connectivity index (χ0v) is 13.2. The lowest BCUT2D eigenvalue weighted by Gasteiger charge is -2.16. The van der Waals surface area contributed by atoms with E-state index in [1.807, 2.05) is 30.5 Å². The van der Waals surface area contributed by atoms with Crippen molar-refractivity contribution in [1.82, 2.24) is 4.57 Å². The van der Waals surface area contributed by atoms with Crippen molar-refractivity contribution in [3.05, 3.63) is 83.7 Å². The Morgan fingerprint density at radius 2 is 1.72 bits per heavy atom. The van der Waals surface area contributed by atoms with Gasteiger partial charge in [0.25, 0.3) is 0 Å². The predicted molar refractivity (Wildman–Crippen MR) is 86.4 cm³/mol. The van der Waals surface area contributed by atoms with Crippen LogP contribution in [0.4, 0.5) is 13.2 Å². The average molecular weight is 345 g/mol. The van der Waals surface area contributed by atoms with Crippen molar-refractivity contribution < 1.29 is 23.2 Å². The van der Waals surface area contributed by atoms with E-state index in [2.05, 4.69) is 26.8 Å². The molecule has 6 heteroatoms. The van der Waals surface area contributed by atoms with E-state index in [0.717, 1.165) is 23.5 Å². The molecular weight excluding hydrogens is 329 g/mol. The molecule has 0 aliphatic carbocycles. The number of benzene rings is 2. The lowest BCUT2D eigenvalue weighted by Crippen LogP contribution is -2.83. The number of rotatable bonds is 2. The fourth-order valence-electron chi connectivity index (χ4n) is 3.33. The Bertz CT molecular complexity index is 884. The maximum atomic E-state index is 12.3. The third kappa shape index (κ3) is 3.13. The highest BCUT2D eigenvalue weighted by Gasteiger charge is 2.31. The highest BCUT2D eigenvalue weighted by Crippen LogP contribution is 2.29. The van der Waals surface area contributed by atoms with Crippen molar-refractivity contribution in [2.45, 2.75) is 18.9 Å². The van der Waals surface area contributed by atoms with Crippen LogP contribution >= 0.6 is 0 Å². The summed E-state index contributed by atoms with van der Waals surface area (Å²) in [5, 5.41) is 2.19. The van der Waals surface area contributed by atoms with Crippen LogP contribution in [0.1, 0.15) is 22.9 Å². The summed E-state index contributed by atoms with van der Waals surface area (Å²) in [6.07, 6.45) is -2.66. The lowest BCUT2D eigenvalue weighted by atomic mass is 10.0. The summed E-state index contributed by atoms with van der Waals surface area (Å²) in [6.45, 7) is 0.795. The van der Waals surface area contributed by atoms with Gasteiger partial charge in [-0.1, -0.05) is 18.2 Å². The first-order chi connectivity index (χ1) is 12.0. The third-order valence-electron chi connectivity index (χ3n) is 4.40. The number of fused-ring (bicyclic) bond motifs is 3. The Balaban J connectivity index is 1.68. The molecule has 0 fully saturated rings. The van der Waals surface area contributed by atoms with Gasteiger partial charge in [-0.2, -0.15) is 0 Å². The number of alkyl halides is 3. The monoisotopic (exact) mass is 345 g/mol. The largest absolute Gasteiger partial charge is 0.573 e. The molecule has 2 N–H and O–H groups in total. The SMILES string of the molecule is FC(F)(F)Oc1ccc([C@@H]2[NH2+]Cc3ccccc3-n3cccc32)cc1. The fourth-order valence-corrected chi connectivity index (χ4v) is 3.33. The van der Waals surface area contributed by atoms with Crippen LogP contribution in [-0.2, 0) is 6.54 Å². The van der Waals surface area contributed by atoms with Crippen molar-refractivity contribution in [3.63, 3.8) is 0 Å². The maximum absolute atomic E-state index is 12.3. The van der Waals surface area contributed by atoms with E-state index < -0.39 is 6.36 Å². The first-order valence-corrected chi connectivity index (χ1v) is 7.96. The second kappa shape index (κ2) is 5.97. The van der Waals surface area contributed by atoms with Gasteiger partial charge >= 0.3 is 6.36 Å². The van der Waals surface area contributed by atoms with Crippen molar-refractivity contribution in [1.29, 1.82) is 0 Å². The molecule has 0 saturated carbocycles. The summed E-state index contributed by atoms with van der Waals surface area (Å²) in [5.41, 5.74) is 4.38. The average Bonchev–Trinajstić information content (AvgIpc) is 2.99. The maximum Gasteiger partial charge on any atom is 0.573 e. The summed E-state index contributed by atoms with van der Waals surface area (Å²) in [7, 11) is 0. The second-order valence-electron chi connectivity index (χ2n) is 5.97. The Labute approximate surface area is 142 Å². The van der Waals surface area contributed by atoms with Crippen LogP contribution < -0.4 is 10.1 Å². The molecule has 0 bridgehead atoms. The molecule has 4 rings (SSSR count). The molecule has 0 radical (unpaired) electrons. The Hall–Kier alpha value is -2.73. The molecule has 0 amide bonds. The van der Waals surface area contributed by atoms with Crippen LogP contribution in [0.5, 0.6) is 5.75 Å². The summed E-state index contributed by atoms with van der Waals surface area (Å²) < 4.78 is 43.1. The minimum absolute atomic E-state index is 0.00216. The minimum Gasteiger partial charge on any atom is -0.406 e. The van der Waals surface area contributed by atoms with Crippen LogP contribution in [0.2, 0.25) is 0 Å². The van der Waals surface area contributed by atoms with E-state index in [-0.39, 0.29) is 11.8 Å². The van der Waals surface area contributed by atoms with E-state index in [1.54, 1.807) is 12.1 Å². The molecule has 128 valence electrons. The van der Waals surface area contributed by atoms with Gasteiger partial charge in [0.15, 0.2) is 6.04 Å². The van der Waals surface area contributed by atoms with Gasteiger partial charge < -0.3 is 14.6 Å². The van der Waals surface area contributed by atoms with Crippen molar-refractivity contribution in [2.24, 2.45) is 0 Å². The second-order valence-corrected chi connectivity index (χ2v) is 5.97. The topological polar surface area (TPSA) is 30.8 Å². The lowest BCUT2D eigenvalue weighted by molar-refractivity contribution is -0.702. The summed E-state index contributed by atoms with van der Waals surface area (Å²) in [5.74, 6) is -0.205. The molecule has 0 unspecified atom stereocenters. The zero-order chi connectivity index (χ0) is 17.4. The molecule has 1 atom stereocenters. The van der Waals surface area contributed by atoms with E-state index in [0.29, 0.717) is 0 Å². The molecule has 2 heterocycles. The Kier molecular flexibility index (Phi) is 3.77. The molecular formula is C19H16F3N2O+. The van der Waals surface area contributed by atoms with Crippen LogP contribution in [0.15, 0.2) is 66.9 Å². The number of hydrogen-bond donors (Lipinski definition) is 1. The van der Waals surface area contributed by atoms with E-state index in [9.17, 15) is 13.2 Å². The summed E-state index contributed by atoms with van der Waals surface area (Å²) in [4.78, 5) is 0. The minimum atomic E-state index is -4.67. The van der Waals surface area contributed by atoms with Crippen LogP contribution in [0.25, 0.3) is 5.69 Å². The first kappa shape index (κ1) is 15.8. The zero-order valence-electron chi connectivity index (χ0n) is 13.2. The standard InChI is InChI=1S/C19H15F3N2O/c20-19(21,22)25-15-9-7-13(8-10-15)18-17-6-3-11-24(17)16-5-2-1-4-14(16)12-23-18/h1-11,18,23H,12H2/p+1/t18-/m0/s1. The normalized spacial score (nSPS) is 16.7. The van der Waals surface area contributed by atoms with Gasteiger partial charge in [0.2, 0.25) is 0 Å². The van der Waals surface area contributed by atoms with Crippen LogP contribution in [0.3, 0.4) is 0 Å². The van der Waals surface area contributed by atoms with Crippen molar-refractivity contribution >= 4 is 0 Å². The van der Waals surface area contributed by atoms with Gasteiger partial charge in [-0.15, -0.1) is 13.2 Å². The smallest absolute Gasteiger partial charge is 0.406 e. The molecule has 3 aromatic rings. The van der Waals surface area contributed by atoms with Gasteiger partial charge in [-0.05, 0) is 42.5 Å². The van der Waals surface area contributed by atoms with Gasteiger partial charge in [-0.25, -0.2) is 0 Å². The van der Waals surface area contributed by atoms with Gasteiger partial charge in [0, 0.05) is 17.3 Å². The van der Waals surface area contributed by atoms with E-state index in [1.165, 1.54) is 17.7 Å². The Morgan fingerprint density at radius 3 is 2.48 bits per heavy atom. The molecule has 1 aliphatic heterocycles. The molecule has 3 nitrogen and oxygen atoms in total. The number of nitrogens with zero attached hydrogens (tertiary/aromatic N) is 1. The Morgan fingerprint density at radius 1 is 0.960 bits per heavy atom. The van der Waals surface area contributed by atoms with E-state index in [4.69, 9.17) is 0 Å². The number of quaternary nitrogens is 1. The number of aromatic nitrogens is 1. The molecule has 1 aliphatic rings. The highest BCUT2D eigenvalue weighted by molar-refractivity contribution is 5.45. The number of ether oxygens (including phenoxy) is 1. The van der Waals surface area contributed by atoms with Crippen LogP contribution in [-0.4, -0.2) is 10.9 Å². The fraction of sp³-hybridized carbons (Fsp3) is 0.158. The van der Waals surface area contributed by atoms with Crippen molar-refractivity contribution in [3.8, 4) is 11.4 Å². The van der Waals surface area contributed by atoms with Crippen LogP contribution in [0, 0.1) is 0 Å². The highest BCUT2D eigenvalue weighted by atomic mass is 19.4. The molecule has 0 spiro atoms. The van der Waals surface area contributed by atoms with Crippen molar-refractivity contribution in [2.75, 3.05) is 0 Å². The quantitative estimate of drug-likeness (QED) is 0.757. The predicted octanol–water partition coefficient (Wildman–Crippen LogP) is 3.54. The molecule has 0 saturated heterocycles. The molecule has 1 aromatic heterocycles. The third-order valence-corrected chi connectivity index (χ3v) is 4.40. The first-order valence-electron chi connectivity index (χ1n) is 7.96. The number of nitrogens with two attached hydrogens (primary N) is 1. The number of hydrogen-bond acceptors (Lipinski definition) is 1. The number of halogens is 3. The van der Waals surface area contributed by atoms with Gasteiger partial charge in [0.1, 0.15) is 12.3 Å². The summed E-state index contributed by atoms with van der Waals surface area (Å²) >= 11 is 0. The van der Waals surface area contributed by atoms with Gasteiger partial charge in [0.05, 0.1) is 11.4 Å². The number of para-hydroxylation sites is 1. The van der Waals surface area contributed by atoms with Gasteiger partial charge in [-0.3, -0.25) is 0 Å². The van der Waals surface area contributed by atoms with E-state index >= 15 is 0 Å².